The van der Waals surface area contributed by atoms with E-state index in [2.05, 4.69) is 10.6 Å². The van der Waals surface area contributed by atoms with Gasteiger partial charge >= 0.3 is 0 Å². The third kappa shape index (κ3) is 5.43. The van der Waals surface area contributed by atoms with Crippen molar-refractivity contribution in [2.45, 2.75) is 83.0 Å². The van der Waals surface area contributed by atoms with E-state index in [4.69, 9.17) is 26.5 Å². The number of carbonyl (C=O) groups excluding carboxylic acids is 2. The Morgan fingerprint density at radius 2 is 2.14 bits per heavy atom. The van der Waals surface area contributed by atoms with E-state index in [1.165, 1.54) is 0 Å². The van der Waals surface area contributed by atoms with Crippen LogP contribution in [0.5, 0.6) is 5.75 Å². The average Bonchev–Trinajstić information content (AvgIpc) is 3.56. The van der Waals surface area contributed by atoms with Crippen molar-refractivity contribution in [1.29, 1.82) is 5.41 Å². The largest absolute Gasteiger partial charge is 0.487 e. The smallest absolute Gasteiger partial charge is 0.231 e. The van der Waals surface area contributed by atoms with Crippen LogP contribution in [0, 0.1) is 17.2 Å². The van der Waals surface area contributed by atoms with Gasteiger partial charge in [-0.1, -0.05) is 18.5 Å². The maximum Gasteiger partial charge on any atom is 0.231 e. The molecular formula is C26H37ClN4O4. The zero-order valence-corrected chi connectivity index (χ0v) is 22.0. The predicted molar refractivity (Wildman–Crippen MR) is 135 cm³/mol. The highest BCUT2D eigenvalue weighted by Crippen LogP contribution is 2.47. The molecule has 3 aliphatic rings. The van der Waals surface area contributed by atoms with Crippen LogP contribution in [0.4, 0.5) is 0 Å². The summed E-state index contributed by atoms with van der Waals surface area (Å²) < 4.78 is 11.4. The molecule has 1 unspecified atom stereocenters. The first-order chi connectivity index (χ1) is 16.5. The van der Waals surface area contributed by atoms with Gasteiger partial charge in [0.2, 0.25) is 11.8 Å². The highest BCUT2D eigenvalue weighted by Gasteiger charge is 2.53. The number of carbonyl (C=O) groups is 2. The van der Waals surface area contributed by atoms with Crippen molar-refractivity contribution in [3.05, 3.63) is 28.8 Å². The van der Waals surface area contributed by atoms with Gasteiger partial charge in [-0.25, -0.2) is 0 Å². The van der Waals surface area contributed by atoms with Crippen LogP contribution in [0.2, 0.25) is 5.02 Å². The van der Waals surface area contributed by atoms with Gasteiger partial charge in [0, 0.05) is 48.2 Å². The van der Waals surface area contributed by atoms with Crippen LogP contribution < -0.4 is 15.4 Å². The zero-order valence-electron chi connectivity index (χ0n) is 21.2. The molecule has 4 rings (SSSR count). The fourth-order valence-corrected chi connectivity index (χ4v) is 5.63. The van der Waals surface area contributed by atoms with Gasteiger partial charge in [0.15, 0.2) is 5.96 Å². The van der Waals surface area contributed by atoms with Gasteiger partial charge in [-0.2, -0.15) is 0 Å². The molecule has 2 amide bonds. The van der Waals surface area contributed by atoms with Crippen LogP contribution in [0.15, 0.2) is 18.2 Å². The Balaban J connectivity index is 1.49. The normalized spacial score (nSPS) is 30.1. The van der Waals surface area contributed by atoms with Crippen molar-refractivity contribution in [2.24, 2.45) is 11.8 Å². The summed E-state index contributed by atoms with van der Waals surface area (Å²) >= 11 is 6.24. The van der Waals surface area contributed by atoms with Crippen molar-refractivity contribution in [2.75, 3.05) is 13.7 Å². The average molecular weight is 505 g/mol. The molecule has 0 radical (unpaired) electrons. The molecule has 8 nitrogen and oxygen atoms in total. The molecule has 1 aromatic rings. The maximum absolute atomic E-state index is 13.4. The summed E-state index contributed by atoms with van der Waals surface area (Å²) in [5.74, 6) is 0.513. The SMILES string of the molecule is CC[C@]1(C)CC(=O)N([C@H](CCOC)C2C[C@H]2C(=O)N[C@H]2CC(C)(C)Oc3ccc(Cl)cc32)C(=N)N1. The van der Waals surface area contributed by atoms with Gasteiger partial charge < -0.3 is 20.1 Å². The molecule has 1 aliphatic carbocycles. The molecule has 1 aromatic carbocycles. The summed E-state index contributed by atoms with van der Waals surface area (Å²) in [5.41, 5.74) is 0.0473. The Hall–Kier alpha value is -2.32. The number of guanidine groups is 1. The first kappa shape index (κ1) is 25.8. The quantitative estimate of drug-likeness (QED) is 0.496. The number of nitrogens with zero attached hydrogens (tertiary/aromatic N) is 1. The third-order valence-electron chi connectivity index (χ3n) is 7.62. The lowest BCUT2D eigenvalue weighted by Crippen LogP contribution is -2.63. The molecular weight excluding hydrogens is 468 g/mol. The molecule has 2 heterocycles. The molecule has 1 saturated heterocycles. The van der Waals surface area contributed by atoms with Crippen LogP contribution in [-0.2, 0) is 14.3 Å². The number of rotatable bonds is 8. The lowest BCUT2D eigenvalue weighted by molar-refractivity contribution is -0.133. The fourth-order valence-electron chi connectivity index (χ4n) is 5.45. The monoisotopic (exact) mass is 504 g/mol. The number of fused-ring (bicyclic) bond motifs is 1. The Morgan fingerprint density at radius 1 is 1.40 bits per heavy atom. The van der Waals surface area contributed by atoms with Gasteiger partial charge in [0.25, 0.3) is 0 Å². The van der Waals surface area contributed by atoms with Crippen LogP contribution in [0.25, 0.3) is 0 Å². The van der Waals surface area contributed by atoms with Crippen molar-refractivity contribution in [3.63, 3.8) is 0 Å². The van der Waals surface area contributed by atoms with E-state index in [0.29, 0.717) is 37.3 Å². The van der Waals surface area contributed by atoms with E-state index in [-0.39, 0.29) is 41.7 Å². The van der Waals surface area contributed by atoms with E-state index >= 15 is 0 Å². The summed E-state index contributed by atoms with van der Waals surface area (Å²) in [6.45, 7) is 8.45. The second-order valence-corrected chi connectivity index (χ2v) is 11.4. The maximum atomic E-state index is 13.4. The Labute approximate surface area is 212 Å². The van der Waals surface area contributed by atoms with Gasteiger partial charge in [-0.05, 0) is 64.2 Å². The van der Waals surface area contributed by atoms with Crippen molar-refractivity contribution < 1.29 is 19.1 Å². The van der Waals surface area contributed by atoms with Crippen LogP contribution in [-0.4, -0.2) is 53.6 Å². The minimum atomic E-state index is -0.421. The van der Waals surface area contributed by atoms with Crippen molar-refractivity contribution in [1.82, 2.24) is 15.5 Å². The predicted octanol–water partition coefficient (Wildman–Crippen LogP) is 4.02. The van der Waals surface area contributed by atoms with Gasteiger partial charge in [-0.3, -0.25) is 19.9 Å². The molecule has 9 heteroatoms. The second-order valence-electron chi connectivity index (χ2n) is 11.0. The second kappa shape index (κ2) is 9.62. The summed E-state index contributed by atoms with van der Waals surface area (Å²) in [5, 5.41) is 15.6. The standard InChI is InChI=1S/C26H37ClN4O4/c1-6-26(4)14-22(32)31(24(28)30-26)20(9-10-34-5)16-12-17(16)23(33)29-19-13-25(2,3)35-21-8-7-15(27)11-18(19)21/h7-8,11,16-17,19-20H,6,9-10,12-14H2,1-5H3,(H2,28,30)(H,29,33)/t16?,17-,19+,20-,26-/m1/s1. The van der Waals surface area contributed by atoms with Crippen LogP contribution >= 0.6 is 11.6 Å². The number of halogens is 1. The molecule has 0 spiro atoms. The lowest BCUT2D eigenvalue weighted by Gasteiger charge is -2.43. The van der Waals surface area contributed by atoms with E-state index in [0.717, 1.165) is 17.7 Å². The van der Waals surface area contributed by atoms with Gasteiger partial charge in [0.05, 0.1) is 12.5 Å². The van der Waals surface area contributed by atoms with Crippen molar-refractivity contribution >= 4 is 29.4 Å². The van der Waals surface area contributed by atoms with E-state index in [9.17, 15) is 9.59 Å². The van der Waals surface area contributed by atoms with Crippen LogP contribution in [0.3, 0.4) is 0 Å². The van der Waals surface area contributed by atoms with Gasteiger partial charge in [0.1, 0.15) is 11.4 Å². The molecule has 2 fully saturated rings. The number of nitrogens with one attached hydrogen (secondary N) is 3. The van der Waals surface area contributed by atoms with Gasteiger partial charge in [-0.15, -0.1) is 0 Å². The zero-order chi connectivity index (χ0) is 25.5. The summed E-state index contributed by atoms with van der Waals surface area (Å²) in [6, 6.07) is 5.03. The number of benzene rings is 1. The number of hydrogen-bond donors (Lipinski definition) is 3. The minimum Gasteiger partial charge on any atom is -0.487 e. The molecule has 3 N–H and O–H groups in total. The molecule has 192 valence electrons. The van der Waals surface area contributed by atoms with Crippen molar-refractivity contribution in [3.8, 4) is 5.75 Å². The molecule has 5 atom stereocenters. The molecule has 0 aromatic heterocycles. The molecule has 1 saturated carbocycles. The number of ether oxygens (including phenoxy) is 2. The number of hydrogen-bond acceptors (Lipinski definition) is 5. The molecule has 0 bridgehead atoms. The number of methoxy groups -OCH3 is 1. The number of amides is 2. The fraction of sp³-hybridized carbons (Fsp3) is 0.654. The molecule has 2 aliphatic heterocycles. The Bertz CT molecular complexity index is 995. The van der Waals surface area contributed by atoms with Crippen LogP contribution in [0.1, 0.15) is 71.4 Å². The first-order valence-electron chi connectivity index (χ1n) is 12.4. The topological polar surface area (TPSA) is 104 Å². The summed E-state index contributed by atoms with van der Waals surface area (Å²) in [6.07, 6.45) is 2.96. The van der Waals surface area contributed by atoms with E-state index in [1.54, 1.807) is 18.1 Å². The Kier molecular flexibility index (Phi) is 7.08. The third-order valence-corrected chi connectivity index (χ3v) is 7.85. The highest BCUT2D eigenvalue weighted by atomic mass is 35.5. The molecule has 35 heavy (non-hydrogen) atoms. The summed E-state index contributed by atoms with van der Waals surface area (Å²) in [4.78, 5) is 28.1. The first-order valence-corrected chi connectivity index (χ1v) is 12.8. The summed E-state index contributed by atoms with van der Waals surface area (Å²) in [7, 11) is 1.62. The Morgan fingerprint density at radius 3 is 2.80 bits per heavy atom. The minimum absolute atomic E-state index is 0.0195. The lowest BCUT2D eigenvalue weighted by atomic mass is 9.89. The highest BCUT2D eigenvalue weighted by molar-refractivity contribution is 6.30. The van der Waals surface area contributed by atoms with E-state index in [1.807, 2.05) is 39.8 Å². The van der Waals surface area contributed by atoms with E-state index < -0.39 is 11.1 Å².